The van der Waals surface area contributed by atoms with Gasteiger partial charge in [-0.05, 0) is 41.8 Å². The Balaban J connectivity index is 1.63. The van der Waals surface area contributed by atoms with Gasteiger partial charge in [0.25, 0.3) is 5.91 Å². The minimum Gasteiger partial charge on any atom is -0.267 e. The number of carbonyl (C=O) groups is 1. The molecule has 2 aromatic heterocycles. The molecule has 5 nitrogen and oxygen atoms in total. The summed E-state index contributed by atoms with van der Waals surface area (Å²) in [5.74, 6) is -0.277. The molecule has 29 heavy (non-hydrogen) atoms. The van der Waals surface area contributed by atoms with Crippen LogP contribution in [0.3, 0.4) is 0 Å². The maximum Gasteiger partial charge on any atom is 0.272 e. The van der Waals surface area contributed by atoms with E-state index in [1.165, 1.54) is 5.56 Å². The molecule has 0 aliphatic heterocycles. The first kappa shape index (κ1) is 18.5. The number of fused-ring (bicyclic) bond motifs is 1. The fourth-order valence-corrected chi connectivity index (χ4v) is 3.10. The number of pyridine rings is 2. The van der Waals surface area contributed by atoms with Crippen LogP contribution in [0.25, 0.3) is 22.2 Å². The van der Waals surface area contributed by atoms with Gasteiger partial charge in [-0.3, -0.25) is 9.78 Å². The third-order valence-electron chi connectivity index (χ3n) is 4.70. The molecule has 5 heteroatoms. The quantitative estimate of drug-likeness (QED) is 0.406. The first-order chi connectivity index (χ1) is 14.2. The van der Waals surface area contributed by atoms with Crippen molar-refractivity contribution < 1.29 is 4.79 Å². The number of benzene rings is 2. The van der Waals surface area contributed by atoms with Crippen molar-refractivity contribution >= 4 is 23.0 Å². The van der Waals surface area contributed by atoms with Crippen molar-refractivity contribution in [2.45, 2.75) is 13.3 Å². The topological polar surface area (TPSA) is 67.2 Å². The van der Waals surface area contributed by atoms with Crippen molar-refractivity contribution in [3.8, 4) is 11.3 Å². The number of aromatic nitrogens is 2. The predicted octanol–water partition coefficient (Wildman–Crippen LogP) is 4.62. The monoisotopic (exact) mass is 380 g/mol. The Morgan fingerprint density at radius 1 is 1.03 bits per heavy atom. The number of nitrogens with zero attached hydrogens (tertiary/aromatic N) is 3. The van der Waals surface area contributed by atoms with E-state index in [9.17, 15) is 4.79 Å². The number of hydrazone groups is 1. The Bertz CT molecular complexity index is 1170. The van der Waals surface area contributed by atoms with Crippen LogP contribution in [0.2, 0.25) is 0 Å². The normalized spacial score (nSPS) is 11.1. The molecule has 2 aromatic carbocycles. The molecule has 0 aliphatic rings. The molecule has 0 fully saturated rings. The SMILES string of the molecule is CCc1ccc(/C=N/NC(=O)c2cc(-c3ccncc3)nc3ccccc23)cc1. The Morgan fingerprint density at radius 3 is 2.55 bits per heavy atom. The van der Waals surface area contributed by atoms with Crippen molar-refractivity contribution in [3.63, 3.8) is 0 Å². The fourth-order valence-electron chi connectivity index (χ4n) is 3.10. The highest BCUT2D eigenvalue weighted by Gasteiger charge is 2.13. The molecule has 0 saturated carbocycles. The first-order valence-corrected chi connectivity index (χ1v) is 9.47. The van der Waals surface area contributed by atoms with Gasteiger partial charge in [-0.2, -0.15) is 5.10 Å². The van der Waals surface area contributed by atoms with Gasteiger partial charge in [0.05, 0.1) is 23.0 Å². The molecule has 0 spiro atoms. The van der Waals surface area contributed by atoms with Crippen LogP contribution in [-0.2, 0) is 6.42 Å². The Kier molecular flexibility index (Phi) is 5.38. The summed E-state index contributed by atoms with van der Waals surface area (Å²) in [4.78, 5) is 21.6. The molecular weight excluding hydrogens is 360 g/mol. The van der Waals surface area contributed by atoms with Crippen LogP contribution >= 0.6 is 0 Å². The lowest BCUT2D eigenvalue weighted by Gasteiger charge is -2.09. The van der Waals surface area contributed by atoms with E-state index in [2.05, 4.69) is 39.6 Å². The summed E-state index contributed by atoms with van der Waals surface area (Å²) in [6.07, 6.45) is 6.05. The second kappa shape index (κ2) is 8.44. The van der Waals surface area contributed by atoms with Crippen LogP contribution in [0, 0.1) is 0 Å². The summed E-state index contributed by atoms with van der Waals surface area (Å²) < 4.78 is 0. The summed E-state index contributed by atoms with van der Waals surface area (Å²) in [5.41, 5.74) is 7.73. The average molecular weight is 380 g/mol. The smallest absolute Gasteiger partial charge is 0.267 e. The predicted molar refractivity (Wildman–Crippen MR) is 116 cm³/mol. The van der Waals surface area contributed by atoms with E-state index in [1.54, 1.807) is 24.7 Å². The van der Waals surface area contributed by atoms with Gasteiger partial charge in [0, 0.05) is 23.3 Å². The third-order valence-corrected chi connectivity index (χ3v) is 4.70. The molecule has 4 aromatic rings. The van der Waals surface area contributed by atoms with E-state index < -0.39 is 0 Å². The number of aryl methyl sites for hydroxylation is 1. The van der Waals surface area contributed by atoms with Crippen molar-refractivity contribution in [1.82, 2.24) is 15.4 Å². The van der Waals surface area contributed by atoms with E-state index in [4.69, 9.17) is 0 Å². The van der Waals surface area contributed by atoms with Gasteiger partial charge in [0.1, 0.15) is 0 Å². The summed E-state index contributed by atoms with van der Waals surface area (Å²) >= 11 is 0. The van der Waals surface area contributed by atoms with E-state index in [-0.39, 0.29) is 5.91 Å². The molecule has 2 heterocycles. The van der Waals surface area contributed by atoms with Crippen molar-refractivity contribution in [2.24, 2.45) is 5.10 Å². The molecular formula is C24H20N4O. The lowest BCUT2D eigenvalue weighted by Crippen LogP contribution is -2.18. The highest BCUT2D eigenvalue weighted by Crippen LogP contribution is 2.24. The first-order valence-electron chi connectivity index (χ1n) is 9.47. The zero-order valence-corrected chi connectivity index (χ0v) is 16.0. The molecule has 0 atom stereocenters. The highest BCUT2D eigenvalue weighted by molar-refractivity contribution is 6.07. The molecule has 1 N–H and O–H groups in total. The van der Waals surface area contributed by atoms with E-state index in [1.807, 2.05) is 48.5 Å². The second-order valence-electron chi connectivity index (χ2n) is 6.60. The standard InChI is InChI=1S/C24H20N4O/c1-2-17-7-9-18(10-8-17)16-26-28-24(29)21-15-23(19-11-13-25-14-12-19)27-22-6-4-3-5-20(21)22/h3-16H,2H2,1H3,(H,28,29)/b26-16+. The van der Waals surface area contributed by atoms with E-state index in [0.29, 0.717) is 5.56 Å². The average Bonchev–Trinajstić information content (AvgIpc) is 2.79. The van der Waals surface area contributed by atoms with Gasteiger partial charge < -0.3 is 0 Å². The lowest BCUT2D eigenvalue weighted by molar-refractivity contribution is 0.0956. The van der Waals surface area contributed by atoms with Gasteiger partial charge in [-0.1, -0.05) is 49.4 Å². The zero-order valence-electron chi connectivity index (χ0n) is 16.0. The molecule has 0 saturated heterocycles. The van der Waals surface area contributed by atoms with Crippen molar-refractivity contribution in [2.75, 3.05) is 0 Å². The fraction of sp³-hybridized carbons (Fsp3) is 0.0833. The molecule has 142 valence electrons. The number of hydrogen-bond donors (Lipinski definition) is 1. The highest BCUT2D eigenvalue weighted by atomic mass is 16.2. The second-order valence-corrected chi connectivity index (χ2v) is 6.60. The number of para-hydroxylation sites is 1. The van der Waals surface area contributed by atoms with Gasteiger partial charge in [0.15, 0.2) is 0 Å². The van der Waals surface area contributed by atoms with Gasteiger partial charge in [-0.25, -0.2) is 10.4 Å². The number of hydrogen-bond acceptors (Lipinski definition) is 4. The summed E-state index contributed by atoms with van der Waals surface area (Å²) in [7, 11) is 0. The minimum atomic E-state index is -0.277. The number of rotatable bonds is 5. The summed E-state index contributed by atoms with van der Waals surface area (Å²) in [6.45, 7) is 2.11. The molecule has 1 amide bonds. The Morgan fingerprint density at radius 2 is 1.79 bits per heavy atom. The molecule has 0 bridgehead atoms. The maximum atomic E-state index is 12.9. The summed E-state index contributed by atoms with van der Waals surface area (Å²) in [6, 6.07) is 21.2. The Hall–Kier alpha value is -3.86. The molecule has 0 aliphatic carbocycles. The van der Waals surface area contributed by atoms with Crippen LogP contribution in [-0.4, -0.2) is 22.1 Å². The van der Waals surface area contributed by atoms with Crippen molar-refractivity contribution in [3.05, 3.63) is 95.8 Å². The maximum absolute atomic E-state index is 12.9. The van der Waals surface area contributed by atoms with Crippen LogP contribution in [0.15, 0.2) is 84.2 Å². The van der Waals surface area contributed by atoms with E-state index in [0.717, 1.165) is 34.1 Å². The molecule has 0 radical (unpaired) electrons. The molecule has 0 unspecified atom stereocenters. The van der Waals surface area contributed by atoms with Crippen LogP contribution in [0.4, 0.5) is 0 Å². The van der Waals surface area contributed by atoms with Crippen molar-refractivity contribution in [1.29, 1.82) is 0 Å². The van der Waals surface area contributed by atoms with Gasteiger partial charge >= 0.3 is 0 Å². The largest absolute Gasteiger partial charge is 0.272 e. The zero-order chi connectivity index (χ0) is 20.1. The van der Waals surface area contributed by atoms with Crippen LogP contribution < -0.4 is 5.43 Å². The van der Waals surface area contributed by atoms with Crippen LogP contribution in [0.5, 0.6) is 0 Å². The Labute approximate surface area is 169 Å². The summed E-state index contributed by atoms with van der Waals surface area (Å²) in [5, 5.41) is 4.91. The molecule has 4 rings (SSSR count). The van der Waals surface area contributed by atoms with Gasteiger partial charge in [-0.15, -0.1) is 0 Å². The number of carbonyl (C=O) groups excluding carboxylic acids is 1. The van der Waals surface area contributed by atoms with Gasteiger partial charge in [0.2, 0.25) is 0 Å². The minimum absolute atomic E-state index is 0.277. The third kappa shape index (κ3) is 4.19. The number of amides is 1. The van der Waals surface area contributed by atoms with Crippen LogP contribution in [0.1, 0.15) is 28.4 Å². The van der Waals surface area contributed by atoms with E-state index >= 15 is 0 Å². The number of nitrogens with one attached hydrogen (secondary N) is 1. The lowest BCUT2D eigenvalue weighted by atomic mass is 10.0.